The van der Waals surface area contributed by atoms with Crippen molar-refractivity contribution < 1.29 is 0 Å². The Labute approximate surface area is 143 Å². The van der Waals surface area contributed by atoms with Crippen LogP contribution in [-0.4, -0.2) is 97.6 Å². The fraction of sp³-hybridized carbons (Fsp3) is 1.00. The Balaban J connectivity index is 1.36. The third kappa shape index (κ3) is 4.91. The van der Waals surface area contributed by atoms with Gasteiger partial charge in [-0.2, -0.15) is 0 Å². The van der Waals surface area contributed by atoms with Gasteiger partial charge in [-0.15, -0.1) is 0 Å². The fourth-order valence-corrected chi connectivity index (χ4v) is 4.69. The minimum Gasteiger partial charge on any atom is -0.304 e. The van der Waals surface area contributed by atoms with Crippen LogP contribution in [0.4, 0.5) is 0 Å². The van der Waals surface area contributed by atoms with Crippen molar-refractivity contribution in [3.63, 3.8) is 0 Å². The van der Waals surface area contributed by atoms with Crippen molar-refractivity contribution in [3.05, 3.63) is 0 Å². The van der Waals surface area contributed by atoms with Crippen molar-refractivity contribution in [2.45, 2.75) is 57.5 Å². The molecule has 0 atom stereocenters. The topological polar surface area (TPSA) is 13.0 Å². The van der Waals surface area contributed by atoms with Crippen LogP contribution in [0.15, 0.2) is 0 Å². The van der Waals surface area contributed by atoms with E-state index in [0.717, 1.165) is 12.1 Å². The summed E-state index contributed by atoms with van der Waals surface area (Å²) < 4.78 is 0. The van der Waals surface area contributed by atoms with E-state index in [4.69, 9.17) is 0 Å². The van der Waals surface area contributed by atoms with Crippen molar-refractivity contribution in [1.29, 1.82) is 0 Å². The molecule has 0 aromatic rings. The first-order valence-electron chi connectivity index (χ1n) is 10.1. The Kier molecular flexibility index (Phi) is 6.75. The molecule has 3 aliphatic heterocycles. The molecule has 0 aliphatic carbocycles. The van der Waals surface area contributed by atoms with E-state index in [9.17, 15) is 0 Å². The van der Waals surface area contributed by atoms with Crippen LogP contribution in [0.3, 0.4) is 0 Å². The minimum absolute atomic E-state index is 0.865. The van der Waals surface area contributed by atoms with Crippen molar-refractivity contribution in [2.24, 2.45) is 0 Å². The maximum Gasteiger partial charge on any atom is 0.0121 e. The molecule has 0 saturated carbocycles. The van der Waals surface area contributed by atoms with Crippen LogP contribution in [-0.2, 0) is 0 Å². The largest absolute Gasteiger partial charge is 0.304 e. The van der Waals surface area contributed by atoms with Gasteiger partial charge in [0.2, 0.25) is 0 Å². The molecule has 0 unspecified atom stereocenters. The molecule has 4 nitrogen and oxygen atoms in total. The summed E-state index contributed by atoms with van der Waals surface area (Å²) in [7, 11) is 2.26. The van der Waals surface area contributed by atoms with Gasteiger partial charge in [0.15, 0.2) is 0 Å². The molecular weight excluding hydrogens is 284 g/mol. The number of hydrogen-bond acceptors (Lipinski definition) is 4. The Morgan fingerprint density at radius 3 is 1.78 bits per heavy atom. The molecule has 0 spiro atoms. The van der Waals surface area contributed by atoms with Gasteiger partial charge in [-0.05, 0) is 71.9 Å². The van der Waals surface area contributed by atoms with E-state index in [1.54, 1.807) is 0 Å². The number of likely N-dealkylation sites (tertiary alicyclic amines) is 2. The van der Waals surface area contributed by atoms with Crippen LogP contribution >= 0.6 is 0 Å². The van der Waals surface area contributed by atoms with Gasteiger partial charge in [0, 0.05) is 38.3 Å². The number of unbranched alkanes of at least 4 members (excludes halogenated alkanes) is 1. The number of rotatable bonds is 5. The zero-order valence-electron chi connectivity index (χ0n) is 15.6. The third-order valence-electron chi connectivity index (χ3n) is 6.45. The SMILES string of the molecule is CCCCN1CCC(N2CCC(N3CCN(C)CC3)CC2)CC1. The number of piperidine rings is 2. The Hall–Kier alpha value is -0.160. The average molecular weight is 323 g/mol. The Bertz CT molecular complexity index is 324. The zero-order valence-corrected chi connectivity index (χ0v) is 15.6. The second-order valence-corrected chi connectivity index (χ2v) is 8.03. The lowest BCUT2D eigenvalue weighted by Crippen LogP contribution is -2.54. The maximum absolute atomic E-state index is 2.82. The molecule has 0 amide bonds. The van der Waals surface area contributed by atoms with Crippen LogP contribution < -0.4 is 0 Å². The molecule has 0 radical (unpaired) electrons. The molecule has 3 aliphatic rings. The van der Waals surface area contributed by atoms with Gasteiger partial charge in [-0.3, -0.25) is 4.90 Å². The second kappa shape index (κ2) is 8.80. The van der Waals surface area contributed by atoms with Gasteiger partial charge in [0.1, 0.15) is 0 Å². The van der Waals surface area contributed by atoms with E-state index in [2.05, 4.69) is 33.6 Å². The van der Waals surface area contributed by atoms with Crippen LogP contribution in [0.2, 0.25) is 0 Å². The highest BCUT2D eigenvalue weighted by atomic mass is 15.3. The summed E-state index contributed by atoms with van der Waals surface area (Å²) in [5.41, 5.74) is 0. The molecular formula is C19H38N4. The van der Waals surface area contributed by atoms with Crippen LogP contribution in [0.25, 0.3) is 0 Å². The summed E-state index contributed by atoms with van der Waals surface area (Å²) in [6, 6.07) is 1.74. The Morgan fingerprint density at radius 1 is 0.696 bits per heavy atom. The molecule has 4 heteroatoms. The molecule has 3 saturated heterocycles. The monoisotopic (exact) mass is 322 g/mol. The van der Waals surface area contributed by atoms with Crippen molar-refractivity contribution in [2.75, 3.05) is 66.0 Å². The van der Waals surface area contributed by atoms with Gasteiger partial charge >= 0.3 is 0 Å². The van der Waals surface area contributed by atoms with E-state index in [0.29, 0.717) is 0 Å². The molecule has 3 heterocycles. The van der Waals surface area contributed by atoms with Crippen molar-refractivity contribution >= 4 is 0 Å². The fourth-order valence-electron chi connectivity index (χ4n) is 4.69. The van der Waals surface area contributed by atoms with Crippen LogP contribution in [0.5, 0.6) is 0 Å². The molecule has 0 aromatic heterocycles. The molecule has 23 heavy (non-hydrogen) atoms. The first-order valence-corrected chi connectivity index (χ1v) is 10.1. The standard InChI is InChI=1S/C19H38N4/c1-3-4-9-21-10-5-18(6-11-21)22-12-7-19(8-13-22)23-16-14-20(2)15-17-23/h18-19H,3-17H2,1-2H3. The van der Waals surface area contributed by atoms with Crippen molar-refractivity contribution in [3.8, 4) is 0 Å². The normalized spacial score (nSPS) is 28.4. The third-order valence-corrected chi connectivity index (χ3v) is 6.45. The van der Waals surface area contributed by atoms with Crippen molar-refractivity contribution in [1.82, 2.24) is 19.6 Å². The smallest absolute Gasteiger partial charge is 0.0121 e. The molecule has 134 valence electrons. The van der Waals surface area contributed by atoms with E-state index < -0.39 is 0 Å². The van der Waals surface area contributed by atoms with Crippen LogP contribution in [0.1, 0.15) is 45.4 Å². The number of piperazine rings is 1. The van der Waals surface area contributed by atoms with E-state index >= 15 is 0 Å². The van der Waals surface area contributed by atoms with E-state index in [1.807, 2.05) is 0 Å². The molecule has 3 rings (SSSR count). The summed E-state index contributed by atoms with van der Waals surface area (Å²) in [4.78, 5) is 10.8. The summed E-state index contributed by atoms with van der Waals surface area (Å²) in [5.74, 6) is 0. The first kappa shape index (κ1) is 17.7. The zero-order chi connectivity index (χ0) is 16.1. The average Bonchev–Trinajstić information content (AvgIpc) is 2.61. The van der Waals surface area contributed by atoms with Gasteiger partial charge in [0.05, 0.1) is 0 Å². The second-order valence-electron chi connectivity index (χ2n) is 8.03. The Morgan fingerprint density at radius 2 is 1.22 bits per heavy atom. The summed E-state index contributed by atoms with van der Waals surface area (Å²) in [6.45, 7) is 14.1. The lowest BCUT2D eigenvalue weighted by Gasteiger charge is -2.45. The summed E-state index contributed by atoms with van der Waals surface area (Å²) in [6.07, 6.45) is 8.33. The first-order chi connectivity index (χ1) is 11.3. The summed E-state index contributed by atoms with van der Waals surface area (Å²) in [5, 5.41) is 0. The quantitative estimate of drug-likeness (QED) is 0.767. The van der Waals surface area contributed by atoms with Gasteiger partial charge in [-0.1, -0.05) is 13.3 Å². The van der Waals surface area contributed by atoms with Gasteiger partial charge < -0.3 is 14.7 Å². The highest BCUT2D eigenvalue weighted by Gasteiger charge is 2.30. The van der Waals surface area contributed by atoms with E-state index in [1.165, 1.54) is 97.4 Å². The number of nitrogens with zero attached hydrogens (tertiary/aromatic N) is 4. The lowest BCUT2D eigenvalue weighted by molar-refractivity contribution is 0.0377. The molecule has 0 aromatic carbocycles. The molecule has 3 fully saturated rings. The molecule has 0 N–H and O–H groups in total. The summed E-state index contributed by atoms with van der Waals surface area (Å²) >= 11 is 0. The lowest BCUT2D eigenvalue weighted by atomic mass is 9.96. The highest BCUT2D eigenvalue weighted by Crippen LogP contribution is 2.24. The minimum atomic E-state index is 0.865. The predicted molar refractivity (Wildman–Crippen MR) is 98.0 cm³/mol. The number of hydrogen-bond donors (Lipinski definition) is 0. The predicted octanol–water partition coefficient (Wildman–Crippen LogP) is 1.96. The van der Waals surface area contributed by atoms with E-state index in [-0.39, 0.29) is 0 Å². The molecule has 0 bridgehead atoms. The van der Waals surface area contributed by atoms with Crippen LogP contribution in [0, 0.1) is 0 Å². The van der Waals surface area contributed by atoms with Gasteiger partial charge in [0.25, 0.3) is 0 Å². The van der Waals surface area contributed by atoms with Gasteiger partial charge in [-0.25, -0.2) is 0 Å². The maximum atomic E-state index is 2.82. The highest BCUT2D eigenvalue weighted by molar-refractivity contribution is 4.87. The number of likely N-dealkylation sites (N-methyl/N-ethyl adjacent to an activating group) is 1.